The molecule has 5 rings (SSSR count). The van der Waals surface area contributed by atoms with Crippen LogP contribution in [-0.4, -0.2) is 5.54 Å². The number of nitrogens with two attached hydrogens (primary N) is 1. The van der Waals surface area contributed by atoms with Gasteiger partial charge in [-0.3, -0.25) is 0 Å². The van der Waals surface area contributed by atoms with Crippen molar-refractivity contribution in [3.8, 4) is 0 Å². The van der Waals surface area contributed by atoms with Gasteiger partial charge in [-0.1, -0.05) is 13.3 Å². The summed E-state index contributed by atoms with van der Waals surface area (Å²) in [5, 5.41) is 0. The van der Waals surface area contributed by atoms with Crippen molar-refractivity contribution in [1.82, 2.24) is 0 Å². The maximum Gasteiger partial charge on any atom is 0.0158 e. The molecular formula is C17H29N. The van der Waals surface area contributed by atoms with Crippen molar-refractivity contribution in [2.45, 2.75) is 76.7 Å². The van der Waals surface area contributed by atoms with E-state index in [1.54, 1.807) is 38.5 Å². The number of hydrogen-bond donors (Lipinski definition) is 1. The van der Waals surface area contributed by atoms with Crippen LogP contribution in [0.1, 0.15) is 71.1 Å². The average Bonchev–Trinajstić information content (AvgIpc) is 3.02. The molecule has 0 saturated heterocycles. The van der Waals surface area contributed by atoms with Crippen LogP contribution in [0.5, 0.6) is 0 Å². The molecule has 5 saturated carbocycles. The molecule has 0 amide bonds. The minimum absolute atomic E-state index is 0.268. The van der Waals surface area contributed by atoms with Crippen molar-refractivity contribution in [2.75, 3.05) is 0 Å². The Balaban J connectivity index is 1.57. The van der Waals surface area contributed by atoms with E-state index in [-0.39, 0.29) is 5.54 Å². The molecule has 0 aromatic rings. The van der Waals surface area contributed by atoms with E-state index >= 15 is 0 Å². The van der Waals surface area contributed by atoms with Crippen LogP contribution in [0.15, 0.2) is 0 Å². The lowest BCUT2D eigenvalue weighted by Crippen LogP contribution is -2.50. The molecule has 0 heterocycles. The molecule has 0 spiro atoms. The predicted molar refractivity (Wildman–Crippen MR) is 75.2 cm³/mol. The van der Waals surface area contributed by atoms with E-state index in [9.17, 15) is 0 Å². The van der Waals surface area contributed by atoms with Crippen LogP contribution in [0.3, 0.4) is 0 Å². The standard InChI is InChI=1S/C17H29N/c1-2-15(11-17(18)3-4-17)16-8-12-5-13(9-16)7-14(6-12)10-16/h12-15H,2-11,18H2,1H3. The van der Waals surface area contributed by atoms with Gasteiger partial charge >= 0.3 is 0 Å². The summed E-state index contributed by atoms with van der Waals surface area (Å²) in [4.78, 5) is 0. The predicted octanol–water partition coefficient (Wildman–Crippen LogP) is 4.11. The van der Waals surface area contributed by atoms with Gasteiger partial charge in [0.1, 0.15) is 0 Å². The van der Waals surface area contributed by atoms with Gasteiger partial charge in [-0.05, 0) is 86.9 Å². The first-order valence-corrected chi connectivity index (χ1v) is 8.40. The van der Waals surface area contributed by atoms with E-state index in [2.05, 4.69) is 6.92 Å². The SMILES string of the molecule is CCC(CC1(N)CC1)C12CC3CC(CC(C3)C1)C2. The van der Waals surface area contributed by atoms with E-state index < -0.39 is 0 Å². The monoisotopic (exact) mass is 247 g/mol. The van der Waals surface area contributed by atoms with Crippen LogP contribution in [0.25, 0.3) is 0 Å². The fourth-order valence-corrected chi connectivity index (χ4v) is 6.33. The van der Waals surface area contributed by atoms with Crippen molar-refractivity contribution in [3.05, 3.63) is 0 Å². The van der Waals surface area contributed by atoms with Crippen LogP contribution in [-0.2, 0) is 0 Å². The molecule has 1 unspecified atom stereocenters. The van der Waals surface area contributed by atoms with Gasteiger partial charge in [0, 0.05) is 5.54 Å². The summed E-state index contributed by atoms with van der Waals surface area (Å²) in [6.07, 6.45) is 14.7. The summed E-state index contributed by atoms with van der Waals surface area (Å²) in [5.74, 6) is 4.23. The lowest BCUT2D eigenvalue weighted by Gasteiger charge is -2.60. The fourth-order valence-electron chi connectivity index (χ4n) is 6.33. The summed E-state index contributed by atoms with van der Waals surface area (Å²) in [5.41, 5.74) is 7.44. The highest BCUT2D eigenvalue weighted by Gasteiger charge is 2.55. The smallest absolute Gasteiger partial charge is 0.0158 e. The first kappa shape index (κ1) is 11.8. The molecule has 2 N–H and O–H groups in total. The van der Waals surface area contributed by atoms with E-state index in [4.69, 9.17) is 5.73 Å². The van der Waals surface area contributed by atoms with Crippen LogP contribution in [0, 0.1) is 29.1 Å². The molecule has 102 valence electrons. The van der Waals surface area contributed by atoms with Crippen LogP contribution >= 0.6 is 0 Å². The van der Waals surface area contributed by atoms with Gasteiger partial charge in [-0.15, -0.1) is 0 Å². The molecule has 5 aliphatic rings. The van der Waals surface area contributed by atoms with E-state index in [1.165, 1.54) is 25.7 Å². The molecule has 1 heteroatoms. The molecule has 5 aliphatic carbocycles. The quantitative estimate of drug-likeness (QED) is 0.795. The van der Waals surface area contributed by atoms with Gasteiger partial charge in [0.05, 0.1) is 0 Å². The normalized spacial score (nSPS) is 49.3. The Morgan fingerprint density at radius 3 is 1.89 bits per heavy atom. The van der Waals surface area contributed by atoms with Gasteiger partial charge in [0.2, 0.25) is 0 Å². The van der Waals surface area contributed by atoms with E-state index in [0.29, 0.717) is 0 Å². The van der Waals surface area contributed by atoms with Crippen molar-refractivity contribution in [1.29, 1.82) is 0 Å². The Morgan fingerprint density at radius 2 is 1.50 bits per heavy atom. The molecule has 1 atom stereocenters. The van der Waals surface area contributed by atoms with Crippen molar-refractivity contribution < 1.29 is 0 Å². The molecule has 0 aromatic carbocycles. The molecule has 1 nitrogen and oxygen atoms in total. The largest absolute Gasteiger partial charge is 0.325 e. The Bertz CT molecular complexity index is 306. The zero-order chi connectivity index (χ0) is 12.4. The first-order chi connectivity index (χ1) is 8.61. The van der Waals surface area contributed by atoms with Gasteiger partial charge in [-0.25, -0.2) is 0 Å². The second kappa shape index (κ2) is 3.75. The zero-order valence-corrected chi connectivity index (χ0v) is 12.0. The Kier molecular flexibility index (Phi) is 2.45. The topological polar surface area (TPSA) is 26.0 Å². The Hall–Kier alpha value is -0.0400. The minimum atomic E-state index is 0.268. The second-order valence-electron chi connectivity index (χ2n) is 8.45. The second-order valence-corrected chi connectivity index (χ2v) is 8.45. The number of rotatable bonds is 4. The van der Waals surface area contributed by atoms with Gasteiger partial charge in [0.25, 0.3) is 0 Å². The van der Waals surface area contributed by atoms with Crippen LogP contribution in [0.4, 0.5) is 0 Å². The highest BCUT2D eigenvalue weighted by Crippen LogP contribution is 2.64. The average molecular weight is 247 g/mol. The van der Waals surface area contributed by atoms with Crippen molar-refractivity contribution in [3.63, 3.8) is 0 Å². The van der Waals surface area contributed by atoms with Crippen molar-refractivity contribution in [2.24, 2.45) is 34.8 Å². The summed E-state index contributed by atoms with van der Waals surface area (Å²) >= 11 is 0. The first-order valence-electron chi connectivity index (χ1n) is 8.40. The summed E-state index contributed by atoms with van der Waals surface area (Å²) in [7, 11) is 0. The van der Waals surface area contributed by atoms with Crippen LogP contribution < -0.4 is 5.73 Å². The summed E-state index contributed by atoms with van der Waals surface area (Å²) in [6, 6.07) is 0. The third-order valence-corrected chi connectivity index (χ3v) is 6.99. The minimum Gasteiger partial charge on any atom is -0.325 e. The third kappa shape index (κ3) is 1.77. The summed E-state index contributed by atoms with van der Waals surface area (Å²) < 4.78 is 0. The lowest BCUT2D eigenvalue weighted by molar-refractivity contribution is -0.0917. The Labute approximate surface area is 112 Å². The van der Waals surface area contributed by atoms with Crippen molar-refractivity contribution >= 4 is 0 Å². The van der Waals surface area contributed by atoms with Gasteiger partial charge < -0.3 is 5.73 Å². The Morgan fingerprint density at radius 1 is 1.00 bits per heavy atom. The maximum absolute atomic E-state index is 6.44. The highest BCUT2D eigenvalue weighted by atomic mass is 14.8. The maximum atomic E-state index is 6.44. The molecule has 5 fully saturated rings. The van der Waals surface area contributed by atoms with Gasteiger partial charge in [-0.2, -0.15) is 0 Å². The molecular weight excluding hydrogens is 218 g/mol. The molecule has 0 radical (unpaired) electrons. The highest BCUT2D eigenvalue weighted by molar-refractivity contribution is 5.08. The van der Waals surface area contributed by atoms with E-state index in [0.717, 1.165) is 29.1 Å². The molecule has 4 bridgehead atoms. The summed E-state index contributed by atoms with van der Waals surface area (Å²) in [6.45, 7) is 2.43. The molecule has 0 aromatic heterocycles. The van der Waals surface area contributed by atoms with Crippen LogP contribution in [0.2, 0.25) is 0 Å². The third-order valence-electron chi connectivity index (χ3n) is 6.99. The molecule has 18 heavy (non-hydrogen) atoms. The van der Waals surface area contributed by atoms with E-state index in [1.807, 2.05) is 0 Å². The fraction of sp³-hybridized carbons (Fsp3) is 1.00. The zero-order valence-electron chi connectivity index (χ0n) is 12.0. The van der Waals surface area contributed by atoms with Gasteiger partial charge in [0.15, 0.2) is 0 Å². The molecule has 0 aliphatic heterocycles. The number of hydrogen-bond acceptors (Lipinski definition) is 1. The lowest BCUT2D eigenvalue weighted by atomic mass is 9.45.